The summed E-state index contributed by atoms with van der Waals surface area (Å²) in [5.41, 5.74) is 0.651. The Hall–Kier alpha value is -1.11. The van der Waals surface area contributed by atoms with Crippen LogP contribution in [0.3, 0.4) is 0 Å². The Morgan fingerprint density at radius 2 is 2.10 bits per heavy atom. The number of hydrogen-bond donors (Lipinski definition) is 0. The van der Waals surface area contributed by atoms with Gasteiger partial charge in [-0.15, -0.1) is 0 Å². The van der Waals surface area contributed by atoms with Crippen LogP contribution in [0, 0.1) is 0 Å². The molecular weight excluding hydrogens is 124 g/mol. The van der Waals surface area contributed by atoms with E-state index in [0.29, 0.717) is 5.57 Å². The monoisotopic (exact) mass is 136 g/mol. The van der Waals surface area contributed by atoms with Crippen molar-refractivity contribution in [1.82, 2.24) is 0 Å². The molecule has 1 nitrogen and oxygen atoms in total. The number of allylic oxidation sites excluding steroid dienone is 5. The Morgan fingerprint density at radius 3 is 2.40 bits per heavy atom. The summed E-state index contributed by atoms with van der Waals surface area (Å²) in [6, 6.07) is 0. The summed E-state index contributed by atoms with van der Waals surface area (Å²) in [5, 5.41) is 0. The number of carbonyl (C=O) groups is 1. The Labute approximate surface area is 61.8 Å². The van der Waals surface area contributed by atoms with Gasteiger partial charge in [-0.25, -0.2) is 0 Å². The van der Waals surface area contributed by atoms with Crippen LogP contribution in [0.25, 0.3) is 0 Å². The van der Waals surface area contributed by atoms with Gasteiger partial charge in [-0.1, -0.05) is 30.9 Å². The highest BCUT2D eigenvalue weighted by atomic mass is 16.1. The van der Waals surface area contributed by atoms with Gasteiger partial charge in [0.1, 0.15) is 0 Å². The number of ketones is 1. The highest BCUT2D eigenvalue weighted by Gasteiger charge is 1.93. The van der Waals surface area contributed by atoms with Crippen molar-refractivity contribution >= 4 is 5.78 Å². The maximum atomic E-state index is 10.7. The molecule has 0 heterocycles. The lowest BCUT2D eigenvalue weighted by molar-refractivity contribution is -0.113. The van der Waals surface area contributed by atoms with Crippen LogP contribution < -0.4 is 0 Å². The Balaban J connectivity index is 4.33. The lowest BCUT2D eigenvalue weighted by Crippen LogP contribution is -1.90. The van der Waals surface area contributed by atoms with Gasteiger partial charge < -0.3 is 0 Å². The molecule has 0 unspecified atom stereocenters. The lowest BCUT2D eigenvalue weighted by Gasteiger charge is -1.89. The van der Waals surface area contributed by atoms with Crippen LogP contribution in [0.15, 0.2) is 36.5 Å². The van der Waals surface area contributed by atoms with Crippen LogP contribution in [0.2, 0.25) is 0 Å². The minimum absolute atomic E-state index is 0.0492. The molecule has 0 atom stereocenters. The van der Waals surface area contributed by atoms with Gasteiger partial charge in [-0.05, 0) is 13.8 Å². The molecular formula is C9H12O. The standard InChI is InChI=1S/C9H12O/c1-4-6-7-9(5-2)8(3)10/h4-7H,2H2,1,3H3. The van der Waals surface area contributed by atoms with Gasteiger partial charge >= 0.3 is 0 Å². The van der Waals surface area contributed by atoms with Crippen molar-refractivity contribution in [3.8, 4) is 0 Å². The average Bonchev–Trinajstić information content (AvgIpc) is 1.89. The fraction of sp³-hybridized carbons (Fsp3) is 0.222. The molecule has 0 aromatic rings. The van der Waals surface area contributed by atoms with Crippen molar-refractivity contribution in [2.24, 2.45) is 0 Å². The van der Waals surface area contributed by atoms with E-state index in [0.717, 1.165) is 0 Å². The molecule has 0 aliphatic rings. The maximum Gasteiger partial charge on any atom is 0.159 e. The van der Waals surface area contributed by atoms with E-state index in [-0.39, 0.29) is 5.78 Å². The van der Waals surface area contributed by atoms with Crippen molar-refractivity contribution in [3.63, 3.8) is 0 Å². The van der Waals surface area contributed by atoms with Crippen molar-refractivity contribution in [3.05, 3.63) is 36.5 Å². The molecule has 0 rings (SSSR count). The van der Waals surface area contributed by atoms with Gasteiger partial charge in [0.05, 0.1) is 0 Å². The molecule has 0 saturated heterocycles. The molecule has 0 fully saturated rings. The maximum absolute atomic E-state index is 10.7. The molecule has 0 spiro atoms. The van der Waals surface area contributed by atoms with Gasteiger partial charge in [0, 0.05) is 5.57 Å². The summed E-state index contributed by atoms with van der Waals surface area (Å²) >= 11 is 0. The highest BCUT2D eigenvalue weighted by molar-refractivity contribution is 5.96. The lowest BCUT2D eigenvalue weighted by atomic mass is 10.2. The van der Waals surface area contributed by atoms with E-state index in [9.17, 15) is 4.79 Å². The second kappa shape index (κ2) is 4.74. The summed E-state index contributed by atoms with van der Waals surface area (Å²) in [7, 11) is 0. The van der Waals surface area contributed by atoms with E-state index in [1.165, 1.54) is 6.92 Å². The Morgan fingerprint density at radius 1 is 1.50 bits per heavy atom. The van der Waals surface area contributed by atoms with Gasteiger partial charge in [-0.2, -0.15) is 0 Å². The smallest absolute Gasteiger partial charge is 0.159 e. The average molecular weight is 136 g/mol. The molecule has 10 heavy (non-hydrogen) atoms. The number of hydrogen-bond acceptors (Lipinski definition) is 1. The van der Waals surface area contributed by atoms with E-state index >= 15 is 0 Å². The second-order valence-electron chi connectivity index (χ2n) is 1.91. The fourth-order valence-electron chi connectivity index (χ4n) is 0.529. The van der Waals surface area contributed by atoms with Crippen LogP contribution in [0.4, 0.5) is 0 Å². The van der Waals surface area contributed by atoms with Crippen LogP contribution in [0.1, 0.15) is 13.8 Å². The first-order valence-corrected chi connectivity index (χ1v) is 3.18. The van der Waals surface area contributed by atoms with Crippen LogP contribution in [-0.4, -0.2) is 5.78 Å². The topological polar surface area (TPSA) is 17.1 Å². The zero-order valence-corrected chi connectivity index (χ0v) is 6.42. The predicted molar refractivity (Wildman–Crippen MR) is 43.8 cm³/mol. The third-order valence-electron chi connectivity index (χ3n) is 1.09. The molecule has 54 valence electrons. The summed E-state index contributed by atoms with van der Waals surface area (Å²) in [4.78, 5) is 10.7. The first-order valence-electron chi connectivity index (χ1n) is 3.18. The third kappa shape index (κ3) is 3.02. The second-order valence-corrected chi connectivity index (χ2v) is 1.91. The van der Waals surface area contributed by atoms with Crippen molar-refractivity contribution in [1.29, 1.82) is 0 Å². The quantitative estimate of drug-likeness (QED) is 0.429. The largest absolute Gasteiger partial charge is 0.295 e. The number of carbonyl (C=O) groups excluding carboxylic acids is 1. The van der Waals surface area contributed by atoms with Gasteiger partial charge in [0.15, 0.2) is 5.78 Å². The number of Topliss-reactive ketones (excluding diaryl/α,β-unsaturated/α-hetero) is 1. The Bertz CT molecular complexity index is 185. The summed E-state index contributed by atoms with van der Waals surface area (Å²) in [6.45, 7) is 6.94. The zero-order chi connectivity index (χ0) is 7.98. The summed E-state index contributed by atoms with van der Waals surface area (Å²) in [5.74, 6) is 0.0492. The normalized spacial score (nSPS) is 12.0. The molecule has 1 heteroatoms. The van der Waals surface area contributed by atoms with Crippen LogP contribution >= 0.6 is 0 Å². The minimum atomic E-state index is 0.0492. The van der Waals surface area contributed by atoms with Crippen molar-refractivity contribution < 1.29 is 4.79 Å². The molecule has 0 saturated carbocycles. The Kier molecular flexibility index (Phi) is 4.21. The fourth-order valence-corrected chi connectivity index (χ4v) is 0.529. The number of rotatable bonds is 3. The molecule has 0 N–H and O–H groups in total. The first-order chi connectivity index (χ1) is 4.72. The summed E-state index contributed by atoms with van der Waals surface area (Å²) < 4.78 is 0. The molecule has 0 radical (unpaired) electrons. The molecule has 0 aromatic heterocycles. The third-order valence-corrected chi connectivity index (χ3v) is 1.09. The van der Waals surface area contributed by atoms with E-state index in [1.807, 2.05) is 19.1 Å². The van der Waals surface area contributed by atoms with E-state index < -0.39 is 0 Å². The van der Waals surface area contributed by atoms with E-state index in [4.69, 9.17) is 0 Å². The van der Waals surface area contributed by atoms with E-state index in [1.54, 1.807) is 12.2 Å². The van der Waals surface area contributed by atoms with Crippen LogP contribution in [-0.2, 0) is 4.79 Å². The molecule has 0 amide bonds. The highest BCUT2D eigenvalue weighted by Crippen LogP contribution is 1.96. The van der Waals surface area contributed by atoms with Gasteiger partial charge in [0.25, 0.3) is 0 Å². The van der Waals surface area contributed by atoms with Crippen molar-refractivity contribution in [2.75, 3.05) is 0 Å². The minimum Gasteiger partial charge on any atom is -0.295 e. The summed E-state index contributed by atoms with van der Waals surface area (Å²) in [6.07, 6.45) is 6.99. The van der Waals surface area contributed by atoms with Crippen LogP contribution in [0.5, 0.6) is 0 Å². The van der Waals surface area contributed by atoms with Gasteiger partial charge in [0.2, 0.25) is 0 Å². The van der Waals surface area contributed by atoms with Gasteiger partial charge in [-0.3, -0.25) is 4.79 Å². The zero-order valence-electron chi connectivity index (χ0n) is 6.42. The molecule has 0 aliphatic carbocycles. The molecule has 0 bridgehead atoms. The van der Waals surface area contributed by atoms with E-state index in [2.05, 4.69) is 6.58 Å². The van der Waals surface area contributed by atoms with Crippen molar-refractivity contribution in [2.45, 2.75) is 13.8 Å². The first kappa shape index (κ1) is 8.89. The SMILES string of the molecule is C=CC(=CC=CC)C(C)=O. The molecule has 0 aromatic carbocycles. The predicted octanol–water partition coefficient (Wildman–Crippen LogP) is 2.26. The molecule has 0 aliphatic heterocycles.